The van der Waals surface area contributed by atoms with Crippen molar-refractivity contribution in [1.82, 2.24) is 8.75 Å². The van der Waals surface area contributed by atoms with Crippen LogP contribution in [0.1, 0.15) is 230 Å². The minimum Gasteiger partial charge on any atom is -0.311 e. The first-order chi connectivity index (χ1) is 51.9. The number of nitrogens with zero attached hydrogens (tertiary/aromatic N) is 4. The summed E-state index contributed by atoms with van der Waals surface area (Å²) >= 11 is 1.37. The van der Waals surface area contributed by atoms with E-state index in [1.165, 1.54) is 255 Å². The van der Waals surface area contributed by atoms with Crippen molar-refractivity contribution >= 4 is 56.9 Å². The van der Waals surface area contributed by atoms with Crippen LogP contribution in [0.4, 0.5) is 34.1 Å². The summed E-state index contributed by atoms with van der Waals surface area (Å²) in [7, 11) is 0. The summed E-state index contributed by atoms with van der Waals surface area (Å²) in [6.07, 6.45) is 35.3. The second kappa shape index (κ2) is 35.3. The first-order valence-electron chi connectivity index (χ1n) is 40.8. The molecular formula is C100H110N4S. The van der Waals surface area contributed by atoms with Gasteiger partial charge >= 0.3 is 0 Å². The highest BCUT2D eigenvalue weighted by atomic mass is 32.1. The Morgan fingerprint density at radius 2 is 0.457 bits per heavy atom. The van der Waals surface area contributed by atoms with Gasteiger partial charge in [-0.25, -0.2) is 0 Å². The van der Waals surface area contributed by atoms with Gasteiger partial charge in [0.15, 0.2) is 0 Å². The van der Waals surface area contributed by atoms with E-state index in [1.807, 2.05) is 0 Å². The Morgan fingerprint density at radius 1 is 0.229 bits per heavy atom. The van der Waals surface area contributed by atoms with Crippen LogP contribution in [0.3, 0.4) is 0 Å². The van der Waals surface area contributed by atoms with E-state index in [9.17, 15) is 0 Å². The smallest absolute Gasteiger partial charge is 0.113 e. The van der Waals surface area contributed by atoms with Crippen LogP contribution in [-0.2, 0) is 10.8 Å². The fourth-order valence-electron chi connectivity index (χ4n) is 18.0. The predicted octanol–water partition coefficient (Wildman–Crippen LogP) is 30.8. The number of hydrogen-bond donors (Lipinski definition) is 0. The molecule has 1 heterocycles. The van der Waals surface area contributed by atoms with Crippen molar-refractivity contribution in [2.24, 2.45) is 0 Å². The molecule has 1 aromatic heterocycles. The molecule has 11 aromatic carbocycles. The number of unbranched alkanes of at least 4 members (excludes halogenated alkanes) is 20. The first kappa shape index (κ1) is 72.8. The Morgan fingerprint density at radius 3 is 0.743 bits per heavy atom. The van der Waals surface area contributed by atoms with Gasteiger partial charge in [0.1, 0.15) is 11.0 Å². The van der Waals surface area contributed by atoms with Crippen LogP contribution in [0, 0.1) is 0 Å². The lowest BCUT2D eigenvalue weighted by molar-refractivity contribution is 0.398. The van der Waals surface area contributed by atoms with Gasteiger partial charge in [0.05, 0.1) is 11.7 Å². The molecule has 0 amide bonds. The molecule has 4 nitrogen and oxygen atoms in total. The zero-order valence-corrected chi connectivity index (χ0v) is 64.1. The fraction of sp³-hybridized carbons (Fsp3) is 0.340. The summed E-state index contributed by atoms with van der Waals surface area (Å²) in [5, 5.41) is 0. The SMILES string of the molecule is CCCCCCCCC1(CCCCCCCC)c2cc(-c3ccc(N(c4ccccc4)c4ccccc4)cc3)ccc2-c2ccc(-c3ccc(-c4ccc5c(c4)C(CCCCCCCC)(CCCCCCCC)c4cc(-c6ccc(N(c7ccccc7)c7ccccc7)cc6)ccc4-5)c4nsnc34)cc21. The highest BCUT2D eigenvalue weighted by molar-refractivity contribution is 7.00. The second-order valence-electron chi connectivity index (χ2n) is 30.5. The third-order valence-corrected chi connectivity index (χ3v) is 24.1. The van der Waals surface area contributed by atoms with Crippen molar-refractivity contribution in [2.45, 2.75) is 218 Å². The van der Waals surface area contributed by atoms with Crippen LogP contribution in [0.15, 0.2) is 255 Å². The van der Waals surface area contributed by atoms with Gasteiger partial charge in [-0.05, 0) is 201 Å². The molecule has 2 aliphatic rings. The largest absolute Gasteiger partial charge is 0.311 e. The molecule has 0 fully saturated rings. The summed E-state index contributed by atoms with van der Waals surface area (Å²) in [6, 6.07) is 96.7. The van der Waals surface area contributed by atoms with Crippen LogP contribution in [0.2, 0.25) is 0 Å². The fourth-order valence-corrected chi connectivity index (χ4v) is 18.6. The molecule has 0 unspecified atom stereocenters. The maximum Gasteiger partial charge on any atom is 0.113 e. The Hall–Kier alpha value is -9.16. The molecule has 2 aliphatic carbocycles. The van der Waals surface area contributed by atoms with Crippen molar-refractivity contribution < 1.29 is 0 Å². The minimum atomic E-state index is -0.124. The molecule has 0 saturated heterocycles. The number of benzene rings is 11. The van der Waals surface area contributed by atoms with E-state index in [0.29, 0.717) is 0 Å². The van der Waals surface area contributed by atoms with E-state index < -0.39 is 0 Å². The zero-order valence-electron chi connectivity index (χ0n) is 63.2. The lowest BCUT2D eigenvalue weighted by Gasteiger charge is -2.33. The summed E-state index contributed by atoms with van der Waals surface area (Å²) in [5.41, 5.74) is 30.3. The van der Waals surface area contributed by atoms with Crippen LogP contribution >= 0.6 is 11.7 Å². The van der Waals surface area contributed by atoms with Gasteiger partial charge in [-0.3, -0.25) is 0 Å². The monoisotopic (exact) mass is 1400 g/mol. The van der Waals surface area contributed by atoms with Crippen molar-refractivity contribution in [3.05, 3.63) is 277 Å². The topological polar surface area (TPSA) is 32.3 Å². The average Bonchev–Trinajstić information content (AvgIpc) is 1.57. The Kier molecular flexibility index (Phi) is 24.5. The lowest BCUT2D eigenvalue weighted by atomic mass is 9.69. The minimum absolute atomic E-state index is 0.124. The van der Waals surface area contributed by atoms with Gasteiger partial charge in [-0.15, -0.1) is 0 Å². The molecule has 105 heavy (non-hydrogen) atoms. The van der Waals surface area contributed by atoms with Gasteiger partial charge < -0.3 is 9.80 Å². The van der Waals surface area contributed by atoms with Gasteiger partial charge in [-0.1, -0.05) is 340 Å². The van der Waals surface area contributed by atoms with E-state index in [0.717, 1.165) is 70.8 Å². The molecule has 0 saturated carbocycles. The molecule has 0 atom stereocenters. The van der Waals surface area contributed by atoms with Gasteiger partial charge in [-0.2, -0.15) is 8.75 Å². The highest BCUT2D eigenvalue weighted by Crippen LogP contribution is 2.59. The molecular weight excluding hydrogens is 1290 g/mol. The van der Waals surface area contributed by atoms with E-state index in [2.05, 4.69) is 292 Å². The van der Waals surface area contributed by atoms with E-state index in [-0.39, 0.29) is 10.8 Å². The molecule has 5 heteroatoms. The number of fused-ring (bicyclic) bond motifs is 7. The zero-order chi connectivity index (χ0) is 71.6. The maximum absolute atomic E-state index is 5.30. The summed E-state index contributed by atoms with van der Waals surface area (Å²) < 4.78 is 10.6. The van der Waals surface area contributed by atoms with E-state index in [4.69, 9.17) is 8.75 Å². The molecule has 0 bridgehead atoms. The quantitative estimate of drug-likeness (QED) is 0.0361. The molecule has 14 rings (SSSR count). The van der Waals surface area contributed by atoms with Gasteiger partial charge in [0.2, 0.25) is 0 Å². The van der Waals surface area contributed by atoms with Crippen LogP contribution < -0.4 is 9.80 Å². The molecule has 12 aromatic rings. The summed E-state index contributed by atoms with van der Waals surface area (Å²) in [4.78, 5) is 4.73. The number of anilines is 6. The molecule has 0 N–H and O–H groups in total. The average molecular weight is 1400 g/mol. The number of rotatable bonds is 38. The number of aromatic nitrogens is 2. The van der Waals surface area contributed by atoms with Gasteiger partial charge in [0.25, 0.3) is 0 Å². The van der Waals surface area contributed by atoms with E-state index >= 15 is 0 Å². The van der Waals surface area contributed by atoms with Crippen molar-refractivity contribution in [3.63, 3.8) is 0 Å². The van der Waals surface area contributed by atoms with Crippen LogP contribution in [0.25, 0.3) is 77.8 Å². The van der Waals surface area contributed by atoms with Crippen LogP contribution in [-0.4, -0.2) is 8.75 Å². The van der Waals surface area contributed by atoms with Crippen molar-refractivity contribution in [2.75, 3.05) is 9.80 Å². The van der Waals surface area contributed by atoms with Crippen molar-refractivity contribution in [1.29, 1.82) is 0 Å². The number of para-hydroxylation sites is 4. The molecule has 536 valence electrons. The highest BCUT2D eigenvalue weighted by Gasteiger charge is 2.45. The molecule has 0 aliphatic heterocycles. The van der Waals surface area contributed by atoms with Crippen LogP contribution in [0.5, 0.6) is 0 Å². The second-order valence-corrected chi connectivity index (χ2v) is 31.0. The molecule has 0 radical (unpaired) electrons. The summed E-state index contributed by atoms with van der Waals surface area (Å²) in [6.45, 7) is 9.35. The molecule has 0 spiro atoms. The van der Waals surface area contributed by atoms with Gasteiger partial charge in [0, 0.05) is 56.1 Å². The normalized spacial score (nSPS) is 13.0. The Labute approximate surface area is 633 Å². The Bertz CT molecular complexity index is 4320. The predicted molar refractivity (Wildman–Crippen MR) is 453 cm³/mol. The summed E-state index contributed by atoms with van der Waals surface area (Å²) in [5.74, 6) is 0. The number of hydrogen-bond acceptors (Lipinski definition) is 5. The Balaban J connectivity index is 0.828. The standard InChI is InChI=1S/C100H110N4S/c1-5-9-13-17-21-37-67-99(68-38-22-18-14-10-6-2)93-71-77(75-49-57-85(58-50-75)103(81-41-29-25-30-42-81)82-43-31-26-32-44-82)53-61-89(93)91-63-55-79(73-95(91)99)87-65-66-88(98-97(87)101-105-102-98)80-56-64-92-90-62-54-78(76-51-59-86(60-52-76)104(83-45-33-27-34-46-83)84-47-35-28-36-48-84)72-94(90)100(96(92)74-80,69-39-23-19-15-11-7-3)70-40-24-20-16-12-8-4/h25-36,41-66,71-74H,5-24,37-40,67-70H2,1-4H3. The third kappa shape index (κ3) is 16.0. The van der Waals surface area contributed by atoms with E-state index in [1.54, 1.807) is 0 Å². The maximum atomic E-state index is 5.30. The third-order valence-electron chi connectivity index (χ3n) is 23.6. The first-order valence-corrected chi connectivity index (χ1v) is 41.5. The lowest BCUT2D eigenvalue weighted by Crippen LogP contribution is -2.25. The van der Waals surface area contributed by atoms with Crippen molar-refractivity contribution in [3.8, 4) is 66.8 Å².